The van der Waals surface area contributed by atoms with Crippen LogP contribution in [0.15, 0.2) is 0 Å². The summed E-state index contributed by atoms with van der Waals surface area (Å²) in [5.41, 5.74) is 0. The molecule has 0 atom stereocenters. The van der Waals surface area contributed by atoms with Crippen molar-refractivity contribution in [2.24, 2.45) is 0 Å². The van der Waals surface area contributed by atoms with Crippen molar-refractivity contribution in [1.82, 2.24) is 0 Å². The van der Waals surface area contributed by atoms with Crippen molar-refractivity contribution < 1.29 is 10.2 Å². The van der Waals surface area contributed by atoms with E-state index in [0.29, 0.717) is 13.2 Å². The van der Waals surface area contributed by atoms with Gasteiger partial charge in [-0.2, -0.15) is 11.8 Å². The first-order valence-corrected chi connectivity index (χ1v) is 7.53. The van der Waals surface area contributed by atoms with Crippen LogP contribution in [0.2, 0.25) is 0 Å². The Labute approximate surface area is 108 Å². The molecule has 0 aliphatic carbocycles. The van der Waals surface area contributed by atoms with Crippen LogP contribution in [0.1, 0.15) is 32.6 Å². The summed E-state index contributed by atoms with van der Waals surface area (Å²) in [4.78, 5) is 0. The topological polar surface area (TPSA) is 40.5 Å². The predicted molar refractivity (Wildman–Crippen MR) is 73.3 cm³/mol. The fourth-order valence-electron chi connectivity index (χ4n) is 0.571. The number of unbranched alkanes of at least 4 members (excludes halogenated alkanes) is 2. The highest BCUT2D eigenvalue weighted by molar-refractivity contribution is 7.98. The van der Waals surface area contributed by atoms with Crippen molar-refractivity contribution in [1.29, 1.82) is 0 Å². The van der Waals surface area contributed by atoms with E-state index in [9.17, 15) is 0 Å². The smallest absolute Gasteiger partial charge is 0.0967 e. The lowest BCUT2D eigenvalue weighted by Gasteiger charge is -1.86. The summed E-state index contributed by atoms with van der Waals surface area (Å²) < 4.78 is 0. The minimum atomic E-state index is 0.194. The van der Waals surface area contributed by atoms with Crippen LogP contribution in [0.4, 0.5) is 0 Å². The van der Waals surface area contributed by atoms with E-state index in [2.05, 4.69) is 6.92 Å². The Morgan fingerprint density at radius 3 is 1.60 bits per heavy atom. The van der Waals surface area contributed by atoms with Crippen molar-refractivity contribution in [3.8, 4) is 0 Å². The van der Waals surface area contributed by atoms with E-state index in [1.807, 2.05) is 6.26 Å². The molecule has 0 heterocycles. The first-order chi connectivity index (χ1) is 7.24. The maximum atomic E-state index is 8.20. The van der Waals surface area contributed by atoms with Gasteiger partial charge in [-0.25, -0.2) is 0 Å². The highest BCUT2D eigenvalue weighted by atomic mass is 35.5. The second-order valence-corrected chi connectivity index (χ2v) is 4.40. The number of aliphatic hydroxyl groups excluding tert-OH is 2. The molecule has 0 bridgehead atoms. The molecular weight excluding hydrogens is 255 g/mol. The van der Waals surface area contributed by atoms with Gasteiger partial charge >= 0.3 is 0 Å². The molecule has 0 aliphatic heterocycles. The van der Waals surface area contributed by atoms with E-state index in [1.54, 1.807) is 11.8 Å². The third kappa shape index (κ3) is 52.3. The van der Waals surface area contributed by atoms with Gasteiger partial charge in [-0.05, 0) is 24.9 Å². The maximum Gasteiger partial charge on any atom is 0.0967 e. The molecule has 0 fully saturated rings. The Hall–Kier alpha value is 0.850. The zero-order valence-corrected chi connectivity index (χ0v) is 12.0. The molecule has 0 unspecified atom stereocenters. The summed E-state index contributed by atoms with van der Waals surface area (Å²) in [6.07, 6.45) is 6.30. The van der Waals surface area contributed by atoms with Gasteiger partial charge in [0.05, 0.1) is 5.34 Å². The highest BCUT2D eigenvalue weighted by Gasteiger charge is 1.76. The fourth-order valence-corrected chi connectivity index (χ4v) is 0.988. The van der Waals surface area contributed by atoms with E-state index >= 15 is 0 Å². The van der Waals surface area contributed by atoms with Gasteiger partial charge in [0.1, 0.15) is 0 Å². The molecular formula is C10H24Cl2O2S. The van der Waals surface area contributed by atoms with Crippen molar-refractivity contribution in [2.45, 2.75) is 32.6 Å². The van der Waals surface area contributed by atoms with Crippen LogP contribution >= 0.6 is 35.0 Å². The standard InChI is InChI=1S/C5H12O.C4H10OS.CH2Cl2/c1-2-3-4-5-6;1-6-4-2-3-5;2-1-3/h6H,2-5H2,1H3;5H,2-4H2,1H3;1H2. The molecule has 96 valence electrons. The van der Waals surface area contributed by atoms with E-state index in [-0.39, 0.29) is 5.34 Å². The zero-order valence-electron chi connectivity index (χ0n) is 9.72. The molecule has 0 amide bonds. The zero-order chi connectivity index (χ0) is 12.4. The van der Waals surface area contributed by atoms with Gasteiger partial charge in [-0.15, -0.1) is 23.2 Å². The molecule has 0 saturated carbocycles. The third-order valence-corrected chi connectivity index (χ3v) is 1.97. The molecule has 15 heavy (non-hydrogen) atoms. The summed E-state index contributed by atoms with van der Waals surface area (Å²) in [5, 5.41) is 16.6. The summed E-state index contributed by atoms with van der Waals surface area (Å²) in [6.45, 7) is 2.81. The van der Waals surface area contributed by atoms with Gasteiger partial charge in [0.15, 0.2) is 0 Å². The Kier molecular flexibility index (Phi) is 41.4. The van der Waals surface area contributed by atoms with Crippen LogP contribution < -0.4 is 0 Å². The Morgan fingerprint density at radius 1 is 1.00 bits per heavy atom. The second kappa shape index (κ2) is 29.4. The van der Waals surface area contributed by atoms with Gasteiger partial charge in [-0.3, -0.25) is 0 Å². The minimum Gasteiger partial charge on any atom is -0.396 e. The number of hydrogen-bond donors (Lipinski definition) is 2. The van der Waals surface area contributed by atoms with Crippen molar-refractivity contribution in [2.75, 3.05) is 30.6 Å². The lowest BCUT2D eigenvalue weighted by molar-refractivity contribution is 0.284. The molecule has 0 rings (SSSR count). The van der Waals surface area contributed by atoms with E-state index in [0.717, 1.165) is 25.0 Å². The molecule has 0 spiro atoms. The van der Waals surface area contributed by atoms with Crippen molar-refractivity contribution in [3.63, 3.8) is 0 Å². The van der Waals surface area contributed by atoms with Crippen LogP contribution in [-0.4, -0.2) is 40.8 Å². The molecule has 0 saturated heterocycles. The number of halogens is 2. The lowest BCUT2D eigenvalue weighted by atomic mass is 10.3. The molecule has 5 heteroatoms. The van der Waals surface area contributed by atoms with Crippen LogP contribution in [0, 0.1) is 0 Å². The summed E-state index contributed by atoms with van der Waals surface area (Å²) in [7, 11) is 0. The summed E-state index contributed by atoms with van der Waals surface area (Å²) in [5.74, 6) is 1.08. The van der Waals surface area contributed by atoms with Crippen LogP contribution in [0.3, 0.4) is 0 Å². The van der Waals surface area contributed by atoms with Crippen molar-refractivity contribution >= 4 is 35.0 Å². The second-order valence-electron chi connectivity index (χ2n) is 2.60. The van der Waals surface area contributed by atoms with Crippen molar-refractivity contribution in [3.05, 3.63) is 0 Å². The van der Waals surface area contributed by atoms with Crippen LogP contribution in [0.25, 0.3) is 0 Å². The molecule has 0 aromatic rings. The quantitative estimate of drug-likeness (QED) is 0.579. The first-order valence-electron chi connectivity index (χ1n) is 5.07. The molecule has 2 N–H and O–H groups in total. The maximum absolute atomic E-state index is 8.20. The molecule has 2 nitrogen and oxygen atoms in total. The van der Waals surface area contributed by atoms with Gasteiger partial charge in [0.2, 0.25) is 0 Å². The van der Waals surface area contributed by atoms with Gasteiger partial charge in [0.25, 0.3) is 0 Å². The number of hydrogen-bond acceptors (Lipinski definition) is 3. The van der Waals surface area contributed by atoms with Gasteiger partial charge < -0.3 is 10.2 Å². The van der Waals surface area contributed by atoms with E-state index in [4.69, 9.17) is 33.4 Å². The van der Waals surface area contributed by atoms with Crippen LogP contribution in [-0.2, 0) is 0 Å². The number of alkyl halides is 2. The molecule has 0 aromatic heterocycles. The minimum absolute atomic E-state index is 0.194. The normalized spacial score (nSPS) is 8.40. The van der Waals surface area contributed by atoms with Gasteiger partial charge in [-0.1, -0.05) is 19.8 Å². The Balaban J connectivity index is -0.000000153. The predicted octanol–water partition coefficient (Wildman–Crippen LogP) is 3.32. The summed E-state index contributed by atoms with van der Waals surface area (Å²) in [6, 6.07) is 0. The Bertz CT molecular complexity index is 62.4. The number of rotatable bonds is 6. The summed E-state index contributed by atoms with van der Waals surface area (Å²) >= 11 is 11.3. The van der Waals surface area contributed by atoms with Crippen LogP contribution in [0.5, 0.6) is 0 Å². The first kappa shape index (κ1) is 21.2. The van der Waals surface area contributed by atoms with E-state index in [1.165, 1.54) is 6.42 Å². The Morgan fingerprint density at radius 2 is 1.47 bits per heavy atom. The van der Waals surface area contributed by atoms with Gasteiger partial charge in [0, 0.05) is 13.2 Å². The number of thioether (sulfide) groups is 1. The average molecular weight is 279 g/mol. The third-order valence-electron chi connectivity index (χ3n) is 1.27. The fraction of sp³-hybridized carbons (Fsp3) is 1.00. The molecule has 0 aliphatic rings. The average Bonchev–Trinajstić information content (AvgIpc) is 2.25. The highest BCUT2D eigenvalue weighted by Crippen LogP contribution is 1.92. The number of aliphatic hydroxyl groups is 2. The largest absolute Gasteiger partial charge is 0.396 e. The monoisotopic (exact) mass is 278 g/mol. The molecule has 0 radical (unpaired) electrons. The van der Waals surface area contributed by atoms with E-state index < -0.39 is 0 Å². The molecule has 0 aromatic carbocycles. The lowest BCUT2D eigenvalue weighted by Crippen LogP contribution is -1.82. The SMILES string of the molecule is CCCCCO.CSCCCO.ClCCl.